The average molecular weight is 193 g/mol. The summed E-state index contributed by atoms with van der Waals surface area (Å²) in [5.74, 6) is -0.0672. The normalized spacial score (nSPS) is 8.09. The van der Waals surface area contributed by atoms with Crippen molar-refractivity contribution >= 4 is 11.6 Å². The van der Waals surface area contributed by atoms with Crippen molar-refractivity contribution in [1.82, 2.24) is 0 Å². The molecule has 61 valence electrons. The van der Waals surface area contributed by atoms with Crippen LogP contribution in [0, 0.1) is 6.07 Å². The third kappa shape index (κ3) is 3.80. The quantitative estimate of drug-likeness (QED) is 0.672. The van der Waals surface area contributed by atoms with Crippen molar-refractivity contribution in [2.45, 2.75) is 6.92 Å². The molecule has 11 heavy (non-hydrogen) atoms. The number of nitrogens with one attached hydrogen (secondary N) is 1. The van der Waals surface area contributed by atoms with Crippen molar-refractivity contribution in [2.24, 2.45) is 0 Å². The fourth-order valence-electron chi connectivity index (χ4n) is 0.661. The Morgan fingerprint density at radius 2 is 2.27 bits per heavy atom. The molecule has 0 bridgehead atoms. The molecule has 0 unspecified atom stereocenters. The molecular weight excluding hydrogens is 185 g/mol. The van der Waals surface area contributed by atoms with Crippen LogP contribution in [0.1, 0.15) is 6.92 Å². The number of para-hydroxylation sites is 1. The molecule has 0 saturated heterocycles. The summed E-state index contributed by atoms with van der Waals surface area (Å²) in [7, 11) is 0. The number of hydrogen-bond donors (Lipinski definition) is 1. The van der Waals surface area contributed by atoms with Crippen LogP contribution in [0.25, 0.3) is 0 Å². The minimum atomic E-state index is -0.0672. The fraction of sp³-hybridized carbons (Fsp3) is 0.125. The zero-order chi connectivity index (χ0) is 7.40. The van der Waals surface area contributed by atoms with E-state index in [1.807, 2.05) is 12.1 Å². The second-order valence-corrected chi connectivity index (χ2v) is 1.96. The van der Waals surface area contributed by atoms with Gasteiger partial charge in [0.05, 0.1) is 0 Å². The topological polar surface area (TPSA) is 29.1 Å². The van der Waals surface area contributed by atoms with E-state index < -0.39 is 0 Å². The number of carbonyl (C=O) groups is 1. The second-order valence-electron chi connectivity index (χ2n) is 1.96. The van der Waals surface area contributed by atoms with Gasteiger partial charge in [-0.3, -0.25) is 4.79 Å². The first-order valence-corrected chi connectivity index (χ1v) is 3.03. The Morgan fingerprint density at radius 3 is 2.73 bits per heavy atom. The molecule has 0 fully saturated rings. The number of benzene rings is 1. The maximum absolute atomic E-state index is 10.5. The molecule has 0 aliphatic carbocycles. The van der Waals surface area contributed by atoms with Crippen molar-refractivity contribution in [2.75, 3.05) is 5.32 Å². The number of rotatable bonds is 1. The minimum Gasteiger partial charge on any atom is -0.350 e. The van der Waals surface area contributed by atoms with Crippen LogP contribution in [0.2, 0.25) is 0 Å². The molecule has 0 heterocycles. The monoisotopic (exact) mass is 193 g/mol. The van der Waals surface area contributed by atoms with Crippen LogP contribution in [0.15, 0.2) is 24.3 Å². The third-order valence-electron chi connectivity index (χ3n) is 1.02. The van der Waals surface area contributed by atoms with Gasteiger partial charge in [0.25, 0.3) is 0 Å². The van der Waals surface area contributed by atoms with E-state index >= 15 is 0 Å². The van der Waals surface area contributed by atoms with Crippen molar-refractivity contribution in [1.29, 1.82) is 0 Å². The zero-order valence-corrected chi connectivity index (χ0v) is 7.09. The van der Waals surface area contributed by atoms with Crippen LogP contribution >= 0.6 is 0 Å². The van der Waals surface area contributed by atoms with Gasteiger partial charge in [0.1, 0.15) is 0 Å². The van der Waals surface area contributed by atoms with E-state index in [0.29, 0.717) is 0 Å². The van der Waals surface area contributed by atoms with Crippen LogP contribution < -0.4 is 5.32 Å². The Kier molecular flexibility index (Phi) is 4.57. The molecule has 0 aliphatic rings. The molecule has 0 saturated carbocycles. The van der Waals surface area contributed by atoms with E-state index in [4.69, 9.17) is 0 Å². The fourth-order valence-corrected chi connectivity index (χ4v) is 0.661. The number of amides is 1. The Bertz CT molecular complexity index is 223. The Hall–Kier alpha value is -0.804. The summed E-state index contributed by atoms with van der Waals surface area (Å²) < 4.78 is 0. The maximum atomic E-state index is 10.5. The Balaban J connectivity index is 0.000001000. The van der Waals surface area contributed by atoms with Crippen LogP contribution in [-0.4, -0.2) is 5.91 Å². The summed E-state index contributed by atoms with van der Waals surface area (Å²) in [6.45, 7) is 1.47. The van der Waals surface area contributed by atoms with Gasteiger partial charge in [0, 0.05) is 23.7 Å². The third-order valence-corrected chi connectivity index (χ3v) is 1.02. The summed E-state index contributed by atoms with van der Waals surface area (Å²) in [4.78, 5) is 10.5. The summed E-state index contributed by atoms with van der Waals surface area (Å²) in [6, 6.07) is 10.1. The van der Waals surface area contributed by atoms with Gasteiger partial charge in [-0.25, -0.2) is 0 Å². The molecule has 2 nitrogen and oxygen atoms in total. The van der Waals surface area contributed by atoms with Gasteiger partial charge in [0.15, 0.2) is 0 Å². The zero-order valence-electron chi connectivity index (χ0n) is 6.05. The van der Waals surface area contributed by atoms with Gasteiger partial charge >= 0.3 is 0 Å². The van der Waals surface area contributed by atoms with Crippen LogP contribution in [0.3, 0.4) is 0 Å². The molecule has 3 heteroatoms. The molecule has 1 N–H and O–H groups in total. The van der Waals surface area contributed by atoms with E-state index in [1.165, 1.54) is 6.92 Å². The van der Waals surface area contributed by atoms with Crippen LogP contribution in [-0.2, 0) is 21.6 Å². The molecule has 0 spiro atoms. The van der Waals surface area contributed by atoms with Gasteiger partial charge in [-0.1, -0.05) is 5.69 Å². The maximum Gasteiger partial charge on any atom is 0.219 e. The first kappa shape index (κ1) is 10.2. The van der Waals surface area contributed by atoms with Crippen molar-refractivity contribution in [3.63, 3.8) is 0 Å². The van der Waals surface area contributed by atoms with E-state index in [-0.39, 0.29) is 22.7 Å². The molecular formula is C8H8CoNO-. The second kappa shape index (κ2) is 4.93. The molecule has 1 amide bonds. The van der Waals surface area contributed by atoms with Gasteiger partial charge in [-0.2, -0.15) is 24.3 Å². The van der Waals surface area contributed by atoms with E-state index in [2.05, 4.69) is 11.4 Å². The van der Waals surface area contributed by atoms with E-state index in [1.54, 1.807) is 12.1 Å². The van der Waals surface area contributed by atoms with Crippen molar-refractivity contribution in [3.05, 3.63) is 30.3 Å². The molecule has 0 atom stereocenters. The average Bonchev–Trinajstić information content (AvgIpc) is 1.88. The molecule has 0 aromatic heterocycles. The summed E-state index contributed by atoms with van der Waals surface area (Å²) in [6.07, 6.45) is 0. The minimum absolute atomic E-state index is 0. The Labute approximate surface area is 76.2 Å². The predicted octanol–water partition coefficient (Wildman–Crippen LogP) is 1.44. The number of anilines is 1. The molecule has 1 radical (unpaired) electrons. The number of hydrogen-bond acceptors (Lipinski definition) is 1. The standard InChI is InChI=1S/C8H8NO.Co/c1-7(10)9-8-5-3-2-4-6-8;/h2-5H,1H3,(H,9,10);/q-1;. The summed E-state index contributed by atoms with van der Waals surface area (Å²) >= 11 is 0. The largest absolute Gasteiger partial charge is 0.350 e. The summed E-state index contributed by atoms with van der Waals surface area (Å²) in [5, 5.41) is 2.61. The van der Waals surface area contributed by atoms with Crippen molar-refractivity contribution in [3.8, 4) is 0 Å². The summed E-state index contributed by atoms with van der Waals surface area (Å²) in [5.41, 5.74) is 0.718. The Morgan fingerprint density at radius 1 is 1.55 bits per heavy atom. The molecule has 1 aromatic rings. The van der Waals surface area contributed by atoms with E-state index in [9.17, 15) is 4.79 Å². The van der Waals surface area contributed by atoms with Crippen LogP contribution in [0.4, 0.5) is 5.69 Å². The molecule has 0 aliphatic heterocycles. The first-order valence-electron chi connectivity index (χ1n) is 3.03. The first-order chi connectivity index (χ1) is 4.79. The van der Waals surface area contributed by atoms with Gasteiger partial charge < -0.3 is 5.32 Å². The van der Waals surface area contributed by atoms with Crippen LogP contribution in [0.5, 0.6) is 0 Å². The molecule has 1 rings (SSSR count). The van der Waals surface area contributed by atoms with Gasteiger partial charge in [-0.05, 0) is 0 Å². The van der Waals surface area contributed by atoms with Gasteiger partial charge in [0.2, 0.25) is 5.91 Å². The van der Waals surface area contributed by atoms with Gasteiger partial charge in [-0.15, -0.1) is 6.07 Å². The molecule has 1 aromatic carbocycles. The smallest absolute Gasteiger partial charge is 0.219 e. The van der Waals surface area contributed by atoms with E-state index in [0.717, 1.165) is 5.69 Å². The number of carbonyl (C=O) groups excluding carboxylic acids is 1. The van der Waals surface area contributed by atoms with Crippen molar-refractivity contribution < 1.29 is 21.6 Å². The SMILES string of the molecule is CC(=O)Nc1[c-]cccc1.[Co]. The predicted molar refractivity (Wildman–Crippen MR) is 39.6 cm³/mol.